The smallest absolute Gasteiger partial charge is 0.0580 e. The molecular formula is C5H11NO. The standard InChI is InChI=1S/C5H11NO/c6-3-4-1-2-5(4)7/h4-5,7H,1-3,6H2. The summed E-state index contributed by atoms with van der Waals surface area (Å²) in [5, 5.41) is 8.83. The van der Waals surface area contributed by atoms with Gasteiger partial charge in [-0.05, 0) is 25.3 Å². The molecular weight excluding hydrogens is 90.1 g/mol. The van der Waals surface area contributed by atoms with Crippen LogP contribution in [0.5, 0.6) is 0 Å². The molecule has 2 atom stereocenters. The van der Waals surface area contributed by atoms with E-state index in [9.17, 15) is 0 Å². The predicted molar refractivity (Wildman–Crippen MR) is 27.8 cm³/mol. The number of aliphatic hydroxyl groups is 1. The van der Waals surface area contributed by atoms with Crippen LogP contribution in [0.4, 0.5) is 0 Å². The molecule has 0 aromatic rings. The molecule has 0 heterocycles. The highest BCUT2D eigenvalue weighted by molar-refractivity contribution is 4.79. The Bertz CT molecular complexity index is 63.1. The van der Waals surface area contributed by atoms with Gasteiger partial charge in [0.2, 0.25) is 0 Å². The van der Waals surface area contributed by atoms with Gasteiger partial charge in [-0.25, -0.2) is 0 Å². The van der Waals surface area contributed by atoms with Crippen molar-refractivity contribution >= 4 is 0 Å². The number of hydrogen-bond acceptors (Lipinski definition) is 2. The summed E-state index contributed by atoms with van der Waals surface area (Å²) in [5.74, 6) is 0.417. The molecule has 1 saturated carbocycles. The number of nitrogens with two attached hydrogens (primary N) is 1. The molecule has 0 aromatic carbocycles. The highest BCUT2D eigenvalue weighted by Crippen LogP contribution is 2.25. The van der Waals surface area contributed by atoms with E-state index in [1.807, 2.05) is 0 Å². The zero-order valence-electron chi connectivity index (χ0n) is 4.30. The first-order valence-corrected chi connectivity index (χ1v) is 2.72. The highest BCUT2D eigenvalue weighted by Gasteiger charge is 2.26. The summed E-state index contributed by atoms with van der Waals surface area (Å²) in [6, 6.07) is 0. The molecule has 0 bridgehead atoms. The molecule has 0 spiro atoms. The largest absolute Gasteiger partial charge is 0.393 e. The first-order valence-electron chi connectivity index (χ1n) is 2.72. The Labute approximate surface area is 43.3 Å². The average Bonchev–Trinajstić information content (AvgIpc) is 1.65. The summed E-state index contributed by atoms with van der Waals surface area (Å²) in [5.41, 5.74) is 5.26. The molecule has 0 amide bonds. The van der Waals surface area contributed by atoms with E-state index in [2.05, 4.69) is 0 Å². The Morgan fingerprint density at radius 1 is 1.57 bits per heavy atom. The second kappa shape index (κ2) is 1.80. The molecule has 0 radical (unpaired) electrons. The molecule has 1 aliphatic carbocycles. The van der Waals surface area contributed by atoms with Crippen LogP contribution >= 0.6 is 0 Å². The first kappa shape index (κ1) is 5.06. The van der Waals surface area contributed by atoms with Crippen LogP contribution in [0, 0.1) is 5.92 Å². The van der Waals surface area contributed by atoms with Crippen molar-refractivity contribution in [3.63, 3.8) is 0 Å². The van der Waals surface area contributed by atoms with E-state index in [1.54, 1.807) is 0 Å². The number of hydrogen-bond donors (Lipinski definition) is 2. The third-order valence-electron chi connectivity index (χ3n) is 1.68. The maximum absolute atomic E-state index is 8.83. The lowest BCUT2D eigenvalue weighted by molar-refractivity contribution is 0.0292. The van der Waals surface area contributed by atoms with E-state index in [-0.39, 0.29) is 6.10 Å². The van der Waals surface area contributed by atoms with Crippen LogP contribution in [-0.4, -0.2) is 17.8 Å². The zero-order valence-corrected chi connectivity index (χ0v) is 4.30. The molecule has 2 heteroatoms. The van der Waals surface area contributed by atoms with Crippen LogP contribution in [0.15, 0.2) is 0 Å². The van der Waals surface area contributed by atoms with Gasteiger partial charge in [-0.3, -0.25) is 0 Å². The molecule has 0 aromatic heterocycles. The molecule has 0 saturated heterocycles. The first-order chi connectivity index (χ1) is 3.34. The van der Waals surface area contributed by atoms with Crippen molar-refractivity contribution < 1.29 is 5.11 Å². The van der Waals surface area contributed by atoms with Crippen molar-refractivity contribution in [3.8, 4) is 0 Å². The van der Waals surface area contributed by atoms with E-state index < -0.39 is 0 Å². The SMILES string of the molecule is NCC1CCC1O. The molecule has 1 rings (SSSR count). The maximum atomic E-state index is 8.83. The molecule has 0 aliphatic heterocycles. The second-order valence-corrected chi connectivity index (χ2v) is 2.14. The summed E-state index contributed by atoms with van der Waals surface area (Å²) in [7, 11) is 0. The van der Waals surface area contributed by atoms with E-state index in [0.29, 0.717) is 12.5 Å². The zero-order chi connectivity index (χ0) is 5.28. The highest BCUT2D eigenvalue weighted by atomic mass is 16.3. The fourth-order valence-corrected chi connectivity index (χ4v) is 0.826. The summed E-state index contributed by atoms with van der Waals surface area (Å²) >= 11 is 0. The summed E-state index contributed by atoms with van der Waals surface area (Å²) in [6.45, 7) is 0.654. The third-order valence-corrected chi connectivity index (χ3v) is 1.68. The molecule has 1 aliphatic rings. The van der Waals surface area contributed by atoms with Crippen LogP contribution in [0.25, 0.3) is 0 Å². The lowest BCUT2D eigenvalue weighted by Gasteiger charge is -2.30. The van der Waals surface area contributed by atoms with Crippen molar-refractivity contribution in [1.82, 2.24) is 0 Å². The van der Waals surface area contributed by atoms with Crippen LogP contribution < -0.4 is 5.73 Å². The number of aliphatic hydroxyl groups excluding tert-OH is 1. The van der Waals surface area contributed by atoms with Gasteiger partial charge in [0.25, 0.3) is 0 Å². The Morgan fingerprint density at radius 2 is 2.29 bits per heavy atom. The topological polar surface area (TPSA) is 46.2 Å². The molecule has 42 valence electrons. The normalized spacial score (nSPS) is 40.3. The van der Waals surface area contributed by atoms with Crippen LogP contribution in [0.2, 0.25) is 0 Å². The molecule has 2 nitrogen and oxygen atoms in total. The Hall–Kier alpha value is -0.0800. The van der Waals surface area contributed by atoms with Gasteiger partial charge >= 0.3 is 0 Å². The van der Waals surface area contributed by atoms with E-state index >= 15 is 0 Å². The third kappa shape index (κ3) is 0.763. The summed E-state index contributed by atoms with van der Waals surface area (Å²) in [6.07, 6.45) is 2.00. The minimum Gasteiger partial charge on any atom is -0.393 e. The Kier molecular flexibility index (Phi) is 1.30. The second-order valence-electron chi connectivity index (χ2n) is 2.14. The van der Waals surface area contributed by atoms with Gasteiger partial charge in [-0.15, -0.1) is 0 Å². The lowest BCUT2D eigenvalue weighted by atomic mass is 9.82. The Balaban J connectivity index is 2.16. The average molecular weight is 101 g/mol. The number of rotatable bonds is 1. The maximum Gasteiger partial charge on any atom is 0.0580 e. The van der Waals surface area contributed by atoms with E-state index in [0.717, 1.165) is 12.8 Å². The summed E-state index contributed by atoms with van der Waals surface area (Å²) < 4.78 is 0. The van der Waals surface area contributed by atoms with Crippen molar-refractivity contribution in [2.24, 2.45) is 11.7 Å². The van der Waals surface area contributed by atoms with Crippen molar-refractivity contribution in [1.29, 1.82) is 0 Å². The lowest BCUT2D eigenvalue weighted by Crippen LogP contribution is -2.36. The van der Waals surface area contributed by atoms with Gasteiger partial charge in [0, 0.05) is 0 Å². The van der Waals surface area contributed by atoms with Gasteiger partial charge in [-0.2, -0.15) is 0 Å². The quantitative estimate of drug-likeness (QED) is 0.477. The fraction of sp³-hybridized carbons (Fsp3) is 1.00. The van der Waals surface area contributed by atoms with E-state index in [1.165, 1.54) is 0 Å². The van der Waals surface area contributed by atoms with Crippen molar-refractivity contribution in [3.05, 3.63) is 0 Å². The van der Waals surface area contributed by atoms with E-state index in [4.69, 9.17) is 10.8 Å². The minimum absolute atomic E-state index is 0.0787. The van der Waals surface area contributed by atoms with Gasteiger partial charge < -0.3 is 10.8 Å². The van der Waals surface area contributed by atoms with Gasteiger partial charge in [-0.1, -0.05) is 0 Å². The van der Waals surface area contributed by atoms with Crippen LogP contribution in [-0.2, 0) is 0 Å². The van der Waals surface area contributed by atoms with Crippen molar-refractivity contribution in [2.75, 3.05) is 6.54 Å². The Morgan fingerprint density at radius 3 is 2.29 bits per heavy atom. The molecule has 7 heavy (non-hydrogen) atoms. The molecule has 2 unspecified atom stereocenters. The van der Waals surface area contributed by atoms with Gasteiger partial charge in [0.05, 0.1) is 6.10 Å². The monoisotopic (exact) mass is 101 g/mol. The van der Waals surface area contributed by atoms with Crippen LogP contribution in [0.3, 0.4) is 0 Å². The minimum atomic E-state index is -0.0787. The predicted octanol–water partition coefficient (Wildman–Crippen LogP) is -0.284. The van der Waals surface area contributed by atoms with Gasteiger partial charge in [0.1, 0.15) is 0 Å². The molecule has 1 fully saturated rings. The van der Waals surface area contributed by atoms with Crippen molar-refractivity contribution in [2.45, 2.75) is 18.9 Å². The van der Waals surface area contributed by atoms with Gasteiger partial charge in [0.15, 0.2) is 0 Å². The van der Waals surface area contributed by atoms with Crippen LogP contribution in [0.1, 0.15) is 12.8 Å². The summed E-state index contributed by atoms with van der Waals surface area (Å²) in [4.78, 5) is 0. The fourth-order valence-electron chi connectivity index (χ4n) is 0.826. The molecule has 3 N–H and O–H groups in total.